The number of hydrogen-bond donors (Lipinski definition) is 2. The average molecular weight is 533 g/mol. The van der Waals surface area contributed by atoms with E-state index < -0.39 is 35.0 Å². The van der Waals surface area contributed by atoms with Crippen LogP contribution >= 0.6 is 0 Å². The van der Waals surface area contributed by atoms with Gasteiger partial charge in [0.1, 0.15) is 11.6 Å². The van der Waals surface area contributed by atoms with Crippen molar-refractivity contribution in [1.29, 1.82) is 0 Å². The highest BCUT2D eigenvalue weighted by Crippen LogP contribution is 2.43. The van der Waals surface area contributed by atoms with Gasteiger partial charge in [-0.1, -0.05) is 49.2 Å². The number of halogens is 4. The van der Waals surface area contributed by atoms with E-state index in [0.717, 1.165) is 43.4 Å². The average Bonchev–Trinajstić information content (AvgIpc) is 3.40. The lowest BCUT2D eigenvalue weighted by Gasteiger charge is -2.43. The van der Waals surface area contributed by atoms with Crippen LogP contribution in [0.5, 0.6) is 0 Å². The molecule has 0 radical (unpaired) electrons. The number of urea groups is 1. The van der Waals surface area contributed by atoms with Crippen molar-refractivity contribution in [2.24, 2.45) is 5.92 Å². The Kier molecular flexibility index (Phi) is 8.33. The Balaban J connectivity index is 1.87. The number of rotatable bonds is 8. The molecule has 204 valence electrons. The van der Waals surface area contributed by atoms with Crippen LogP contribution in [-0.2, 0) is 27.6 Å². The fraction of sp³-hybridized carbons (Fsp3) is 0.414. The van der Waals surface area contributed by atoms with Gasteiger partial charge >= 0.3 is 12.2 Å². The summed E-state index contributed by atoms with van der Waals surface area (Å²) in [6.07, 6.45) is 2.64. The Morgan fingerprint density at radius 2 is 1.68 bits per heavy atom. The number of alkyl halides is 3. The molecule has 0 heterocycles. The summed E-state index contributed by atoms with van der Waals surface area (Å²) in [5.41, 5.74) is -1.80. The minimum Gasteiger partial charge on any atom is -0.497 e. The molecule has 5 nitrogen and oxygen atoms in total. The van der Waals surface area contributed by atoms with Crippen LogP contribution in [0.15, 0.2) is 72.2 Å². The minimum absolute atomic E-state index is 0.0150. The number of nitrogens with one attached hydrogen (secondary N) is 2. The van der Waals surface area contributed by atoms with Gasteiger partial charge in [0.25, 0.3) is 0 Å². The molecule has 2 N–H and O–H groups in total. The maximum atomic E-state index is 14.8. The molecule has 2 aromatic carbocycles. The quantitative estimate of drug-likeness (QED) is 0.377. The third kappa shape index (κ3) is 6.14. The second-order valence-electron chi connectivity index (χ2n) is 9.81. The number of hydrogen-bond acceptors (Lipinski definition) is 3. The van der Waals surface area contributed by atoms with E-state index in [2.05, 4.69) is 10.6 Å². The molecule has 2 aliphatic carbocycles. The van der Waals surface area contributed by atoms with Gasteiger partial charge in [-0.2, -0.15) is 13.2 Å². The third-order valence-electron chi connectivity index (χ3n) is 7.35. The Morgan fingerprint density at radius 3 is 2.32 bits per heavy atom. The fourth-order valence-corrected chi connectivity index (χ4v) is 5.45. The molecule has 38 heavy (non-hydrogen) atoms. The predicted octanol–water partition coefficient (Wildman–Crippen LogP) is 6.60. The van der Waals surface area contributed by atoms with Crippen molar-refractivity contribution >= 4 is 6.03 Å². The lowest BCUT2D eigenvalue weighted by molar-refractivity contribution is -0.137. The molecule has 2 amide bonds. The summed E-state index contributed by atoms with van der Waals surface area (Å²) >= 11 is 0. The molecule has 4 rings (SSSR count). The second-order valence-corrected chi connectivity index (χ2v) is 9.81. The second kappa shape index (κ2) is 11.5. The predicted molar refractivity (Wildman–Crippen MR) is 135 cm³/mol. The first kappa shape index (κ1) is 27.5. The zero-order chi connectivity index (χ0) is 27.3. The van der Waals surface area contributed by atoms with Gasteiger partial charge in [-0.15, -0.1) is 0 Å². The van der Waals surface area contributed by atoms with E-state index in [-0.39, 0.29) is 24.4 Å². The Labute approximate surface area is 219 Å². The standard InChI is InChI=1S/C29H32F4N2O3/c1-37-25-13-12-20(17-26(25)38-2)28(18-19-8-4-3-5-9-19,35-27(36)34-24-10-6-7-11-24)21-14-22(29(31,32)33)16-23(30)15-21/h3-5,8-9,12-16,20,24H,6-7,10-11,17-18H2,1-2H3,(H2,34,35,36). The van der Waals surface area contributed by atoms with Gasteiger partial charge in [0.05, 0.1) is 25.3 Å². The molecular weight excluding hydrogens is 500 g/mol. The van der Waals surface area contributed by atoms with E-state index in [1.807, 2.05) is 30.3 Å². The van der Waals surface area contributed by atoms with Crippen LogP contribution in [0.3, 0.4) is 0 Å². The van der Waals surface area contributed by atoms with Gasteiger partial charge in [-0.05, 0) is 48.2 Å². The van der Waals surface area contributed by atoms with Gasteiger partial charge in [0.2, 0.25) is 0 Å². The van der Waals surface area contributed by atoms with Crippen LogP contribution in [0.1, 0.15) is 48.8 Å². The number of carbonyl (C=O) groups excluding carboxylic acids is 1. The van der Waals surface area contributed by atoms with Crippen molar-refractivity contribution in [2.45, 2.75) is 56.3 Å². The van der Waals surface area contributed by atoms with Gasteiger partial charge in [0, 0.05) is 24.8 Å². The number of ether oxygens (including phenoxy) is 2. The van der Waals surface area contributed by atoms with E-state index in [1.54, 1.807) is 12.2 Å². The number of benzene rings is 2. The van der Waals surface area contributed by atoms with Crippen LogP contribution in [0.25, 0.3) is 0 Å². The molecule has 1 saturated carbocycles. The lowest BCUT2D eigenvalue weighted by Crippen LogP contribution is -2.56. The monoisotopic (exact) mass is 532 g/mol. The molecule has 2 aromatic rings. The van der Waals surface area contributed by atoms with Gasteiger partial charge < -0.3 is 20.1 Å². The maximum absolute atomic E-state index is 14.8. The summed E-state index contributed by atoms with van der Waals surface area (Å²) in [7, 11) is 2.97. The highest BCUT2D eigenvalue weighted by molar-refractivity contribution is 5.76. The normalized spacial score (nSPS) is 19.7. The highest BCUT2D eigenvalue weighted by atomic mass is 19.4. The zero-order valence-corrected chi connectivity index (χ0v) is 21.4. The number of allylic oxidation sites excluding steroid dienone is 2. The van der Waals surface area contributed by atoms with E-state index in [1.165, 1.54) is 14.2 Å². The van der Waals surface area contributed by atoms with Crippen LogP contribution in [0.2, 0.25) is 0 Å². The summed E-state index contributed by atoms with van der Waals surface area (Å²) in [6, 6.07) is 11.0. The molecule has 0 bridgehead atoms. The van der Waals surface area contributed by atoms with Crippen molar-refractivity contribution in [3.8, 4) is 0 Å². The van der Waals surface area contributed by atoms with Crippen molar-refractivity contribution in [3.05, 3.63) is 94.7 Å². The fourth-order valence-electron chi connectivity index (χ4n) is 5.45. The van der Waals surface area contributed by atoms with Crippen molar-refractivity contribution in [1.82, 2.24) is 10.6 Å². The summed E-state index contributed by atoms with van der Waals surface area (Å²) < 4.78 is 67.2. The summed E-state index contributed by atoms with van der Waals surface area (Å²) in [4.78, 5) is 13.4. The van der Waals surface area contributed by atoms with E-state index in [9.17, 15) is 22.4 Å². The highest BCUT2D eigenvalue weighted by Gasteiger charge is 2.45. The van der Waals surface area contributed by atoms with Crippen LogP contribution < -0.4 is 10.6 Å². The minimum atomic E-state index is -4.77. The van der Waals surface area contributed by atoms with Crippen LogP contribution in [-0.4, -0.2) is 26.3 Å². The molecule has 0 saturated heterocycles. The SMILES string of the molecule is COC1=C(OC)CC(C(Cc2ccccc2)(NC(=O)NC2CCCC2)c2cc(F)cc(C(F)(F)F)c2)C=C1. The smallest absolute Gasteiger partial charge is 0.416 e. The Hall–Kier alpha value is -3.49. The number of methoxy groups -OCH3 is 2. The van der Waals surface area contributed by atoms with Gasteiger partial charge in [0.15, 0.2) is 5.76 Å². The molecule has 9 heteroatoms. The topological polar surface area (TPSA) is 59.6 Å². The van der Waals surface area contributed by atoms with Crippen LogP contribution in [0.4, 0.5) is 22.4 Å². The third-order valence-corrected chi connectivity index (χ3v) is 7.35. The molecule has 2 aliphatic rings. The lowest BCUT2D eigenvalue weighted by atomic mass is 9.70. The summed E-state index contributed by atoms with van der Waals surface area (Å²) in [6.45, 7) is 0. The van der Waals surface area contributed by atoms with Crippen molar-refractivity contribution < 1.29 is 31.8 Å². The molecule has 1 fully saturated rings. The van der Waals surface area contributed by atoms with Gasteiger partial charge in [-0.3, -0.25) is 0 Å². The van der Waals surface area contributed by atoms with Crippen LogP contribution in [0, 0.1) is 11.7 Å². The van der Waals surface area contributed by atoms with E-state index >= 15 is 0 Å². The number of carbonyl (C=O) groups is 1. The van der Waals surface area contributed by atoms with Crippen molar-refractivity contribution in [3.63, 3.8) is 0 Å². The molecule has 0 spiro atoms. The first-order valence-electron chi connectivity index (χ1n) is 12.6. The molecule has 2 atom stereocenters. The van der Waals surface area contributed by atoms with E-state index in [4.69, 9.17) is 9.47 Å². The Morgan fingerprint density at radius 1 is 1.00 bits per heavy atom. The first-order chi connectivity index (χ1) is 18.1. The van der Waals surface area contributed by atoms with E-state index in [0.29, 0.717) is 17.6 Å². The summed E-state index contributed by atoms with van der Waals surface area (Å²) in [5.74, 6) is -0.676. The van der Waals surface area contributed by atoms with Crippen molar-refractivity contribution in [2.75, 3.05) is 14.2 Å². The number of amides is 2. The first-order valence-corrected chi connectivity index (χ1v) is 12.6. The largest absolute Gasteiger partial charge is 0.497 e. The molecule has 0 aliphatic heterocycles. The Bertz CT molecular complexity index is 1190. The maximum Gasteiger partial charge on any atom is 0.416 e. The summed E-state index contributed by atoms with van der Waals surface area (Å²) in [5, 5.41) is 6.00. The molecular formula is C29H32F4N2O3. The zero-order valence-electron chi connectivity index (χ0n) is 21.4. The molecule has 2 unspecified atom stereocenters. The molecule has 0 aromatic heterocycles. The van der Waals surface area contributed by atoms with Gasteiger partial charge in [-0.25, -0.2) is 9.18 Å².